The standard InChI is InChI=1S/C19H15FN4O3S/c1-27-16-8-5-13(11-15(16)20)17-18(24-10-2-9-22-19(24)23-17)12-3-6-14(7-4-12)28(21,25)26/h2-11H,1H3,(H2,21,25,26). The molecule has 2 N–H and O–H groups in total. The van der Waals surface area contributed by atoms with E-state index in [1.165, 1.54) is 31.4 Å². The predicted molar refractivity (Wildman–Crippen MR) is 102 cm³/mol. The third kappa shape index (κ3) is 3.10. The lowest BCUT2D eigenvalue weighted by Crippen LogP contribution is -2.11. The largest absolute Gasteiger partial charge is 0.494 e. The average Bonchev–Trinajstić information content (AvgIpc) is 3.07. The normalized spacial score (nSPS) is 11.7. The molecule has 0 aliphatic carbocycles. The van der Waals surface area contributed by atoms with Crippen LogP contribution in [0.15, 0.2) is 65.8 Å². The van der Waals surface area contributed by atoms with Gasteiger partial charge in [0.15, 0.2) is 11.6 Å². The number of methoxy groups -OCH3 is 1. The van der Waals surface area contributed by atoms with Gasteiger partial charge in [-0.3, -0.25) is 4.40 Å². The quantitative estimate of drug-likeness (QED) is 0.570. The average molecular weight is 398 g/mol. The van der Waals surface area contributed by atoms with Gasteiger partial charge in [-0.25, -0.2) is 27.9 Å². The summed E-state index contributed by atoms with van der Waals surface area (Å²) in [5, 5.41) is 5.17. The molecule has 0 amide bonds. The molecule has 0 unspecified atom stereocenters. The minimum atomic E-state index is -3.80. The molecule has 4 rings (SSSR count). The summed E-state index contributed by atoms with van der Waals surface area (Å²) < 4.78 is 44.0. The van der Waals surface area contributed by atoms with E-state index < -0.39 is 15.8 Å². The Labute approximate surface area is 160 Å². The van der Waals surface area contributed by atoms with Crippen molar-refractivity contribution in [2.45, 2.75) is 4.90 Å². The smallest absolute Gasteiger partial charge is 0.238 e. The summed E-state index contributed by atoms with van der Waals surface area (Å²) in [7, 11) is -2.41. The SMILES string of the molecule is COc1ccc(-c2nc3ncccn3c2-c2ccc(S(N)(=O)=O)cc2)cc1F. The molecule has 0 saturated carbocycles. The summed E-state index contributed by atoms with van der Waals surface area (Å²) in [6.07, 6.45) is 3.39. The van der Waals surface area contributed by atoms with Crippen LogP contribution in [0.1, 0.15) is 0 Å². The molecule has 0 spiro atoms. The Bertz CT molecular complexity index is 1280. The topological polar surface area (TPSA) is 99.6 Å². The lowest BCUT2D eigenvalue weighted by Gasteiger charge is -2.08. The Kier molecular flexibility index (Phi) is 4.33. The molecule has 0 aliphatic heterocycles. The van der Waals surface area contributed by atoms with Gasteiger partial charge >= 0.3 is 0 Å². The van der Waals surface area contributed by atoms with Crippen molar-refractivity contribution in [2.24, 2.45) is 5.14 Å². The van der Waals surface area contributed by atoms with Crippen LogP contribution in [-0.4, -0.2) is 29.9 Å². The van der Waals surface area contributed by atoms with E-state index in [0.29, 0.717) is 28.3 Å². The number of hydrogen-bond acceptors (Lipinski definition) is 5. The second-order valence-corrected chi connectivity index (χ2v) is 7.58. The summed E-state index contributed by atoms with van der Waals surface area (Å²) in [6, 6.07) is 12.4. The number of ether oxygens (including phenoxy) is 1. The van der Waals surface area contributed by atoms with E-state index in [1.807, 2.05) is 0 Å². The van der Waals surface area contributed by atoms with Crippen molar-refractivity contribution < 1.29 is 17.5 Å². The van der Waals surface area contributed by atoms with Gasteiger partial charge in [0.25, 0.3) is 0 Å². The molecular formula is C19H15FN4O3S. The molecule has 0 fully saturated rings. The zero-order chi connectivity index (χ0) is 19.9. The van der Waals surface area contributed by atoms with Gasteiger partial charge in [-0.15, -0.1) is 0 Å². The van der Waals surface area contributed by atoms with Crippen LogP contribution in [0.25, 0.3) is 28.3 Å². The summed E-state index contributed by atoms with van der Waals surface area (Å²) in [6.45, 7) is 0. The van der Waals surface area contributed by atoms with Gasteiger partial charge in [0, 0.05) is 23.5 Å². The highest BCUT2D eigenvalue weighted by atomic mass is 32.2. The number of nitrogens with zero attached hydrogens (tertiary/aromatic N) is 3. The Morgan fingerprint density at radius 3 is 2.46 bits per heavy atom. The Hall–Kier alpha value is -3.30. The highest BCUT2D eigenvalue weighted by Crippen LogP contribution is 2.34. The monoisotopic (exact) mass is 398 g/mol. The number of sulfonamides is 1. The van der Waals surface area contributed by atoms with Crippen LogP contribution in [-0.2, 0) is 10.0 Å². The van der Waals surface area contributed by atoms with Gasteiger partial charge in [-0.2, -0.15) is 0 Å². The number of hydrogen-bond donors (Lipinski definition) is 1. The van der Waals surface area contributed by atoms with Crippen LogP contribution in [0.4, 0.5) is 4.39 Å². The molecule has 28 heavy (non-hydrogen) atoms. The van der Waals surface area contributed by atoms with Gasteiger partial charge in [0.1, 0.15) is 0 Å². The molecule has 9 heteroatoms. The first-order chi connectivity index (χ1) is 13.4. The van der Waals surface area contributed by atoms with Crippen molar-refractivity contribution in [3.63, 3.8) is 0 Å². The van der Waals surface area contributed by atoms with Gasteiger partial charge in [0.2, 0.25) is 15.8 Å². The van der Waals surface area contributed by atoms with Crippen LogP contribution < -0.4 is 9.88 Å². The number of rotatable bonds is 4. The van der Waals surface area contributed by atoms with Crippen molar-refractivity contribution in [3.8, 4) is 28.3 Å². The molecular weight excluding hydrogens is 383 g/mol. The van der Waals surface area contributed by atoms with Crippen LogP contribution in [0.5, 0.6) is 5.75 Å². The van der Waals surface area contributed by atoms with Crippen molar-refractivity contribution in [3.05, 3.63) is 66.7 Å². The summed E-state index contributed by atoms with van der Waals surface area (Å²) >= 11 is 0. The fraction of sp³-hybridized carbons (Fsp3) is 0.0526. The number of nitrogens with two attached hydrogens (primary N) is 1. The molecule has 0 aliphatic rings. The molecule has 0 atom stereocenters. The second-order valence-electron chi connectivity index (χ2n) is 6.02. The van der Waals surface area contributed by atoms with Crippen molar-refractivity contribution in [1.29, 1.82) is 0 Å². The van der Waals surface area contributed by atoms with Crippen molar-refractivity contribution in [2.75, 3.05) is 7.11 Å². The number of fused-ring (bicyclic) bond motifs is 1. The van der Waals surface area contributed by atoms with E-state index in [4.69, 9.17) is 9.88 Å². The van der Waals surface area contributed by atoms with Crippen molar-refractivity contribution >= 4 is 15.8 Å². The summed E-state index contributed by atoms with van der Waals surface area (Å²) in [5.41, 5.74) is 2.37. The fourth-order valence-corrected chi connectivity index (χ4v) is 3.50. The zero-order valence-corrected chi connectivity index (χ0v) is 15.5. The number of primary sulfonamides is 1. The van der Waals surface area contributed by atoms with Gasteiger partial charge in [-0.05, 0) is 36.4 Å². The van der Waals surface area contributed by atoms with Gasteiger partial charge < -0.3 is 4.74 Å². The molecule has 4 aromatic rings. The summed E-state index contributed by atoms with van der Waals surface area (Å²) in [5.74, 6) is 0.0458. The maximum Gasteiger partial charge on any atom is 0.238 e. The van der Waals surface area contributed by atoms with Crippen LogP contribution >= 0.6 is 0 Å². The van der Waals surface area contributed by atoms with Crippen molar-refractivity contribution in [1.82, 2.24) is 14.4 Å². The van der Waals surface area contributed by atoms with E-state index in [9.17, 15) is 12.8 Å². The second kappa shape index (κ2) is 6.70. The Morgan fingerprint density at radius 1 is 1.11 bits per heavy atom. The van der Waals surface area contributed by atoms with E-state index >= 15 is 0 Å². The van der Waals surface area contributed by atoms with E-state index in [0.717, 1.165) is 0 Å². The highest BCUT2D eigenvalue weighted by Gasteiger charge is 2.18. The molecule has 2 aromatic heterocycles. The molecule has 7 nitrogen and oxygen atoms in total. The van der Waals surface area contributed by atoms with E-state index in [-0.39, 0.29) is 10.6 Å². The lowest BCUT2D eigenvalue weighted by atomic mass is 10.0. The minimum Gasteiger partial charge on any atom is -0.494 e. The Morgan fingerprint density at radius 2 is 1.82 bits per heavy atom. The molecule has 0 radical (unpaired) electrons. The molecule has 142 valence electrons. The first-order valence-corrected chi connectivity index (χ1v) is 9.73. The third-order valence-corrected chi connectivity index (χ3v) is 5.21. The lowest BCUT2D eigenvalue weighted by molar-refractivity contribution is 0.386. The molecule has 0 saturated heterocycles. The number of imidazole rings is 1. The fourth-order valence-electron chi connectivity index (χ4n) is 2.98. The minimum absolute atomic E-state index is 0.000220. The maximum absolute atomic E-state index is 14.3. The van der Waals surface area contributed by atoms with Crippen LogP contribution in [0, 0.1) is 5.82 Å². The number of aromatic nitrogens is 3. The number of benzene rings is 2. The third-order valence-electron chi connectivity index (χ3n) is 4.29. The predicted octanol–water partition coefficient (Wildman–Crippen LogP) is 2.86. The van der Waals surface area contributed by atoms with Gasteiger partial charge in [-0.1, -0.05) is 12.1 Å². The Balaban J connectivity index is 1.95. The zero-order valence-electron chi connectivity index (χ0n) is 14.7. The molecule has 0 bridgehead atoms. The molecule has 2 aromatic carbocycles. The first kappa shape index (κ1) is 18.1. The summed E-state index contributed by atoms with van der Waals surface area (Å²) in [4.78, 5) is 8.77. The van der Waals surface area contributed by atoms with E-state index in [1.54, 1.807) is 41.1 Å². The number of halogens is 1. The highest BCUT2D eigenvalue weighted by molar-refractivity contribution is 7.89. The first-order valence-electron chi connectivity index (χ1n) is 8.19. The molecule has 2 heterocycles. The van der Waals surface area contributed by atoms with Gasteiger partial charge in [0.05, 0.1) is 23.4 Å². The maximum atomic E-state index is 14.3. The van der Waals surface area contributed by atoms with E-state index in [2.05, 4.69) is 9.97 Å². The van der Waals surface area contributed by atoms with Crippen LogP contribution in [0.3, 0.4) is 0 Å². The van der Waals surface area contributed by atoms with Crippen LogP contribution in [0.2, 0.25) is 0 Å².